The maximum atomic E-state index is 13.7. The molecule has 2 aliphatic rings. The number of benzene rings is 1. The predicted octanol–water partition coefficient (Wildman–Crippen LogP) is 2.35. The second kappa shape index (κ2) is 7.85. The SMILES string of the molecule is COc1ccc(C(=O)COC(=O)[C@@H]2CC(=O)N(C3CCCC3)C2)cc1F. The van der Waals surface area contributed by atoms with Gasteiger partial charge in [0.05, 0.1) is 13.0 Å². The summed E-state index contributed by atoms with van der Waals surface area (Å²) in [5, 5.41) is 0. The highest BCUT2D eigenvalue weighted by Gasteiger charge is 2.39. The number of likely N-dealkylation sites (tertiary alicyclic amines) is 1. The van der Waals surface area contributed by atoms with Crippen LogP contribution in [0, 0.1) is 11.7 Å². The first-order valence-electron chi connectivity index (χ1n) is 8.82. The third kappa shape index (κ3) is 3.86. The molecule has 6 nitrogen and oxygen atoms in total. The van der Waals surface area contributed by atoms with Gasteiger partial charge in [-0.25, -0.2) is 4.39 Å². The smallest absolute Gasteiger partial charge is 0.311 e. The van der Waals surface area contributed by atoms with Crippen molar-refractivity contribution in [1.82, 2.24) is 4.90 Å². The van der Waals surface area contributed by atoms with Crippen molar-refractivity contribution in [2.45, 2.75) is 38.1 Å². The molecule has 1 saturated heterocycles. The number of rotatable bonds is 6. The molecule has 1 aliphatic carbocycles. The van der Waals surface area contributed by atoms with Crippen LogP contribution in [0.3, 0.4) is 0 Å². The van der Waals surface area contributed by atoms with Crippen molar-refractivity contribution in [2.75, 3.05) is 20.3 Å². The highest BCUT2D eigenvalue weighted by molar-refractivity contribution is 5.98. The van der Waals surface area contributed by atoms with Crippen LogP contribution < -0.4 is 4.74 Å². The molecule has 0 spiro atoms. The molecule has 0 N–H and O–H groups in total. The van der Waals surface area contributed by atoms with E-state index < -0.39 is 30.1 Å². The van der Waals surface area contributed by atoms with Crippen LogP contribution in [0.2, 0.25) is 0 Å². The van der Waals surface area contributed by atoms with Crippen molar-refractivity contribution in [3.63, 3.8) is 0 Å². The zero-order valence-corrected chi connectivity index (χ0v) is 14.7. The van der Waals surface area contributed by atoms with E-state index in [4.69, 9.17) is 9.47 Å². The second-order valence-corrected chi connectivity index (χ2v) is 6.77. The van der Waals surface area contributed by atoms with Gasteiger partial charge in [0.1, 0.15) is 0 Å². The molecule has 7 heteroatoms. The third-order valence-corrected chi connectivity index (χ3v) is 5.08. The molecule has 0 bridgehead atoms. The summed E-state index contributed by atoms with van der Waals surface area (Å²) < 4.78 is 23.5. The first kappa shape index (κ1) is 18.4. The van der Waals surface area contributed by atoms with Gasteiger partial charge < -0.3 is 14.4 Å². The lowest BCUT2D eigenvalue weighted by molar-refractivity contribution is -0.147. The third-order valence-electron chi connectivity index (χ3n) is 5.08. The average molecular weight is 363 g/mol. The number of amides is 1. The summed E-state index contributed by atoms with van der Waals surface area (Å²) in [4.78, 5) is 38.2. The van der Waals surface area contributed by atoms with Gasteiger partial charge in [-0.1, -0.05) is 12.8 Å². The summed E-state index contributed by atoms with van der Waals surface area (Å²) in [5.41, 5.74) is 0.103. The first-order valence-corrected chi connectivity index (χ1v) is 8.82. The number of carbonyl (C=O) groups excluding carboxylic acids is 3. The van der Waals surface area contributed by atoms with E-state index in [1.54, 1.807) is 4.90 Å². The minimum absolute atomic E-state index is 0.0256. The molecule has 0 radical (unpaired) electrons. The van der Waals surface area contributed by atoms with Gasteiger partial charge in [0.25, 0.3) is 0 Å². The number of ketones is 1. The Morgan fingerprint density at radius 2 is 2.00 bits per heavy atom. The second-order valence-electron chi connectivity index (χ2n) is 6.77. The van der Waals surface area contributed by atoms with Crippen molar-refractivity contribution in [2.24, 2.45) is 5.92 Å². The van der Waals surface area contributed by atoms with Gasteiger partial charge in [0, 0.05) is 24.6 Å². The van der Waals surface area contributed by atoms with E-state index in [0.717, 1.165) is 31.7 Å². The lowest BCUT2D eigenvalue weighted by atomic mass is 10.1. The van der Waals surface area contributed by atoms with E-state index in [1.807, 2.05) is 0 Å². The van der Waals surface area contributed by atoms with Crippen molar-refractivity contribution in [3.05, 3.63) is 29.6 Å². The minimum atomic E-state index is -0.654. The van der Waals surface area contributed by atoms with Gasteiger partial charge in [-0.15, -0.1) is 0 Å². The van der Waals surface area contributed by atoms with E-state index >= 15 is 0 Å². The summed E-state index contributed by atoms with van der Waals surface area (Å²) in [6.45, 7) is -0.119. The molecule has 0 unspecified atom stereocenters. The van der Waals surface area contributed by atoms with Gasteiger partial charge in [0.15, 0.2) is 24.0 Å². The van der Waals surface area contributed by atoms with Crippen molar-refractivity contribution >= 4 is 17.7 Å². The fourth-order valence-corrected chi connectivity index (χ4v) is 3.64. The molecule has 26 heavy (non-hydrogen) atoms. The molecule has 1 aromatic carbocycles. The Hall–Kier alpha value is -2.44. The zero-order valence-electron chi connectivity index (χ0n) is 14.7. The molecule has 1 heterocycles. The number of Topliss-reactive ketones (excluding diaryl/α,β-unsaturated/α-hetero) is 1. The van der Waals surface area contributed by atoms with Crippen LogP contribution >= 0.6 is 0 Å². The quantitative estimate of drug-likeness (QED) is 0.573. The van der Waals surface area contributed by atoms with Crippen molar-refractivity contribution in [3.8, 4) is 5.75 Å². The Morgan fingerprint density at radius 3 is 2.65 bits per heavy atom. The molecule has 140 valence electrons. The van der Waals surface area contributed by atoms with Gasteiger partial charge in [-0.05, 0) is 31.0 Å². The Balaban J connectivity index is 1.53. The number of hydrogen-bond acceptors (Lipinski definition) is 5. The molecule has 2 fully saturated rings. The lowest BCUT2D eigenvalue weighted by Gasteiger charge is -2.23. The van der Waals surface area contributed by atoms with E-state index in [-0.39, 0.29) is 29.7 Å². The highest BCUT2D eigenvalue weighted by atomic mass is 19.1. The molecule has 1 aromatic rings. The highest BCUT2D eigenvalue weighted by Crippen LogP contribution is 2.30. The molecule has 3 rings (SSSR count). The number of methoxy groups -OCH3 is 1. The van der Waals surface area contributed by atoms with E-state index in [9.17, 15) is 18.8 Å². The predicted molar refractivity (Wildman–Crippen MR) is 90.3 cm³/mol. The Kier molecular flexibility index (Phi) is 5.54. The van der Waals surface area contributed by atoms with Gasteiger partial charge in [0.2, 0.25) is 5.91 Å². The normalized spacial score (nSPS) is 20.5. The zero-order chi connectivity index (χ0) is 18.7. The lowest BCUT2D eigenvalue weighted by Crippen LogP contribution is -2.35. The summed E-state index contributed by atoms with van der Waals surface area (Å²) in [6.07, 6.45) is 4.30. The minimum Gasteiger partial charge on any atom is -0.494 e. The summed E-state index contributed by atoms with van der Waals surface area (Å²) in [5.74, 6) is -2.24. The monoisotopic (exact) mass is 363 g/mol. The maximum absolute atomic E-state index is 13.7. The molecule has 1 atom stereocenters. The van der Waals surface area contributed by atoms with Crippen molar-refractivity contribution in [1.29, 1.82) is 0 Å². The van der Waals surface area contributed by atoms with E-state index in [1.165, 1.54) is 19.2 Å². The number of carbonyl (C=O) groups is 3. The number of esters is 1. The molecular formula is C19H22FNO5. The number of hydrogen-bond donors (Lipinski definition) is 0. The summed E-state index contributed by atoms with van der Waals surface area (Å²) >= 11 is 0. The number of nitrogens with zero attached hydrogens (tertiary/aromatic N) is 1. The van der Waals surface area contributed by atoms with Crippen LogP contribution in [0.15, 0.2) is 18.2 Å². The van der Waals surface area contributed by atoms with Crippen molar-refractivity contribution < 1.29 is 28.2 Å². The fraction of sp³-hybridized carbons (Fsp3) is 0.526. The Labute approximate surface area is 151 Å². The largest absolute Gasteiger partial charge is 0.494 e. The van der Waals surface area contributed by atoms with Crippen LogP contribution in [0.25, 0.3) is 0 Å². The molecular weight excluding hydrogens is 341 g/mol. The first-order chi connectivity index (χ1) is 12.5. The summed E-state index contributed by atoms with van der Waals surface area (Å²) in [7, 11) is 1.33. The maximum Gasteiger partial charge on any atom is 0.311 e. The van der Waals surface area contributed by atoms with Crippen LogP contribution in [0.1, 0.15) is 42.5 Å². The number of halogens is 1. The van der Waals surface area contributed by atoms with Gasteiger partial charge >= 0.3 is 5.97 Å². The van der Waals surface area contributed by atoms with E-state index in [0.29, 0.717) is 6.54 Å². The topological polar surface area (TPSA) is 72.9 Å². The molecule has 1 aliphatic heterocycles. The van der Waals surface area contributed by atoms with E-state index in [2.05, 4.69) is 0 Å². The number of ether oxygens (including phenoxy) is 2. The van der Waals surface area contributed by atoms with Crippen LogP contribution in [0.4, 0.5) is 4.39 Å². The van der Waals surface area contributed by atoms with Gasteiger partial charge in [-0.3, -0.25) is 14.4 Å². The molecule has 1 saturated carbocycles. The summed E-state index contributed by atoms with van der Waals surface area (Å²) in [6, 6.07) is 4.04. The van der Waals surface area contributed by atoms with Crippen LogP contribution in [-0.2, 0) is 14.3 Å². The molecule has 1 amide bonds. The average Bonchev–Trinajstić information content (AvgIpc) is 3.28. The van der Waals surface area contributed by atoms with Gasteiger partial charge in [-0.2, -0.15) is 0 Å². The molecule has 0 aromatic heterocycles. The Bertz CT molecular complexity index is 714. The van der Waals surface area contributed by atoms with Crippen LogP contribution in [-0.4, -0.2) is 48.9 Å². The fourth-order valence-electron chi connectivity index (χ4n) is 3.64. The van der Waals surface area contributed by atoms with Crippen LogP contribution in [0.5, 0.6) is 5.75 Å². The standard InChI is InChI=1S/C19H22FNO5/c1-25-17-7-6-12(8-15(17)20)16(22)11-26-19(24)13-9-18(23)21(10-13)14-4-2-3-5-14/h6-8,13-14H,2-5,9-11H2,1H3/t13-/m1/s1. The Morgan fingerprint density at radius 1 is 1.27 bits per heavy atom.